The highest BCUT2D eigenvalue weighted by molar-refractivity contribution is 5.79. The van der Waals surface area contributed by atoms with E-state index in [-0.39, 0.29) is 0 Å². The third-order valence-electron chi connectivity index (χ3n) is 4.64. The molecule has 2 N–H and O–H groups in total. The van der Waals surface area contributed by atoms with Crippen LogP contribution in [-0.2, 0) is 11.2 Å². The molecule has 6 nitrogen and oxygen atoms in total. The molecule has 0 aromatic heterocycles. The van der Waals surface area contributed by atoms with Gasteiger partial charge in [-0.2, -0.15) is 0 Å². The van der Waals surface area contributed by atoms with Crippen LogP contribution in [0.3, 0.4) is 0 Å². The van der Waals surface area contributed by atoms with Crippen molar-refractivity contribution < 1.29 is 9.47 Å². The van der Waals surface area contributed by atoms with Crippen molar-refractivity contribution in [2.24, 2.45) is 4.99 Å². The molecule has 25 heavy (non-hydrogen) atoms. The number of ether oxygens (including phenoxy) is 2. The minimum Gasteiger partial charge on any atom is -0.497 e. The number of aliphatic imine (C=N–C) groups is 1. The third kappa shape index (κ3) is 6.21. The maximum atomic E-state index is 5.51. The summed E-state index contributed by atoms with van der Waals surface area (Å²) in [6.07, 6.45) is 0.945. The molecular formula is C19H32N4O2. The third-order valence-corrected chi connectivity index (χ3v) is 4.64. The Labute approximate surface area is 151 Å². The number of morpholine rings is 1. The number of guanidine groups is 1. The summed E-state index contributed by atoms with van der Waals surface area (Å²) in [7, 11) is 3.50. The maximum absolute atomic E-state index is 5.51. The summed E-state index contributed by atoms with van der Waals surface area (Å²) in [6, 6.07) is 9.09. The van der Waals surface area contributed by atoms with Gasteiger partial charge in [-0.3, -0.25) is 9.89 Å². The second-order valence-corrected chi connectivity index (χ2v) is 6.49. The Morgan fingerprint density at radius 3 is 2.76 bits per heavy atom. The van der Waals surface area contributed by atoms with E-state index in [0.717, 1.165) is 51.0 Å². The molecule has 6 heteroatoms. The lowest BCUT2D eigenvalue weighted by molar-refractivity contribution is -0.0174. The number of rotatable bonds is 7. The first-order valence-electron chi connectivity index (χ1n) is 9.05. The van der Waals surface area contributed by atoms with Crippen LogP contribution in [0, 0.1) is 0 Å². The van der Waals surface area contributed by atoms with Gasteiger partial charge in [0.25, 0.3) is 0 Å². The lowest BCUT2D eigenvalue weighted by atomic mass is 10.1. The topological polar surface area (TPSA) is 58.1 Å². The summed E-state index contributed by atoms with van der Waals surface area (Å²) in [5, 5.41) is 6.81. The average molecular weight is 348 g/mol. The van der Waals surface area contributed by atoms with Crippen LogP contribution in [0.5, 0.6) is 5.75 Å². The van der Waals surface area contributed by atoms with Crippen LogP contribution < -0.4 is 15.4 Å². The molecule has 2 unspecified atom stereocenters. The summed E-state index contributed by atoms with van der Waals surface area (Å²) >= 11 is 0. The molecule has 1 aromatic rings. The van der Waals surface area contributed by atoms with Gasteiger partial charge in [-0.1, -0.05) is 12.1 Å². The Kier molecular flexibility index (Phi) is 8.01. The molecular weight excluding hydrogens is 316 g/mol. The highest BCUT2D eigenvalue weighted by Gasteiger charge is 2.23. The Morgan fingerprint density at radius 2 is 2.12 bits per heavy atom. The molecule has 1 aromatic carbocycles. The van der Waals surface area contributed by atoms with Crippen molar-refractivity contribution in [3.8, 4) is 5.75 Å². The molecule has 0 amide bonds. The molecule has 0 saturated carbocycles. The van der Waals surface area contributed by atoms with E-state index < -0.39 is 0 Å². The monoisotopic (exact) mass is 348 g/mol. The van der Waals surface area contributed by atoms with Crippen molar-refractivity contribution in [1.29, 1.82) is 0 Å². The zero-order valence-electron chi connectivity index (χ0n) is 15.9. The van der Waals surface area contributed by atoms with Crippen molar-refractivity contribution in [3.05, 3.63) is 29.8 Å². The second kappa shape index (κ2) is 10.3. The van der Waals surface area contributed by atoms with Gasteiger partial charge in [0.05, 0.1) is 20.3 Å². The molecule has 2 rings (SSSR count). The van der Waals surface area contributed by atoms with E-state index in [1.807, 2.05) is 19.2 Å². The van der Waals surface area contributed by atoms with Crippen molar-refractivity contribution in [2.45, 2.75) is 32.4 Å². The van der Waals surface area contributed by atoms with Crippen LogP contribution in [-0.4, -0.2) is 69.9 Å². The first-order chi connectivity index (χ1) is 12.1. The molecule has 1 fully saturated rings. The van der Waals surface area contributed by atoms with Gasteiger partial charge in [-0.25, -0.2) is 0 Å². The summed E-state index contributed by atoms with van der Waals surface area (Å²) in [5.74, 6) is 1.74. The van der Waals surface area contributed by atoms with Gasteiger partial charge < -0.3 is 20.1 Å². The zero-order chi connectivity index (χ0) is 18.1. The van der Waals surface area contributed by atoms with E-state index in [1.54, 1.807) is 7.11 Å². The molecule has 1 saturated heterocycles. The first kappa shape index (κ1) is 19.5. The second-order valence-electron chi connectivity index (χ2n) is 6.49. The van der Waals surface area contributed by atoms with Gasteiger partial charge in [-0.05, 0) is 38.0 Å². The average Bonchev–Trinajstić information content (AvgIpc) is 2.65. The fraction of sp³-hybridized carbons (Fsp3) is 0.632. The molecule has 0 aliphatic carbocycles. The lowest BCUT2D eigenvalue weighted by Gasteiger charge is -2.38. The quantitative estimate of drug-likeness (QED) is 0.578. The number of nitrogens with zero attached hydrogens (tertiary/aromatic N) is 2. The highest BCUT2D eigenvalue weighted by Crippen LogP contribution is 2.11. The number of benzene rings is 1. The van der Waals surface area contributed by atoms with Crippen LogP contribution in [0.1, 0.15) is 19.4 Å². The molecule has 1 aliphatic heterocycles. The summed E-state index contributed by atoms with van der Waals surface area (Å²) in [6.45, 7) is 8.81. The van der Waals surface area contributed by atoms with Gasteiger partial charge in [-0.15, -0.1) is 0 Å². The lowest BCUT2D eigenvalue weighted by Crippen LogP contribution is -2.53. The van der Waals surface area contributed by atoms with E-state index in [2.05, 4.69) is 46.5 Å². The SMILES string of the molecule is CN=C(NCCc1ccc(OC)cc1)NCC(C)N1CCOCC1C. The molecule has 0 spiro atoms. The first-order valence-corrected chi connectivity index (χ1v) is 9.05. The van der Waals surface area contributed by atoms with Crippen LogP contribution >= 0.6 is 0 Å². The van der Waals surface area contributed by atoms with E-state index in [0.29, 0.717) is 12.1 Å². The van der Waals surface area contributed by atoms with Crippen molar-refractivity contribution in [1.82, 2.24) is 15.5 Å². The van der Waals surface area contributed by atoms with E-state index >= 15 is 0 Å². The molecule has 1 aliphatic rings. The predicted molar refractivity (Wildman–Crippen MR) is 103 cm³/mol. The number of nitrogens with one attached hydrogen (secondary N) is 2. The molecule has 0 radical (unpaired) electrons. The Morgan fingerprint density at radius 1 is 1.36 bits per heavy atom. The van der Waals surface area contributed by atoms with E-state index in [1.165, 1.54) is 5.56 Å². The fourth-order valence-electron chi connectivity index (χ4n) is 3.09. The van der Waals surface area contributed by atoms with E-state index in [4.69, 9.17) is 9.47 Å². The van der Waals surface area contributed by atoms with Gasteiger partial charge >= 0.3 is 0 Å². The summed E-state index contributed by atoms with van der Waals surface area (Å²) < 4.78 is 10.7. The number of methoxy groups -OCH3 is 1. The normalized spacial score (nSPS) is 20.2. The van der Waals surface area contributed by atoms with Crippen LogP contribution in [0.25, 0.3) is 0 Å². The molecule has 0 bridgehead atoms. The highest BCUT2D eigenvalue weighted by atomic mass is 16.5. The fourth-order valence-corrected chi connectivity index (χ4v) is 3.09. The van der Waals surface area contributed by atoms with Crippen molar-refractivity contribution >= 4 is 5.96 Å². The molecule has 1 heterocycles. The maximum Gasteiger partial charge on any atom is 0.191 e. The molecule has 140 valence electrons. The number of hydrogen-bond donors (Lipinski definition) is 2. The van der Waals surface area contributed by atoms with Gasteiger partial charge in [0.1, 0.15) is 5.75 Å². The van der Waals surface area contributed by atoms with Crippen LogP contribution in [0.4, 0.5) is 0 Å². The van der Waals surface area contributed by atoms with Gasteiger partial charge in [0.15, 0.2) is 5.96 Å². The number of hydrogen-bond acceptors (Lipinski definition) is 4. The van der Waals surface area contributed by atoms with Crippen molar-refractivity contribution in [3.63, 3.8) is 0 Å². The minimum atomic E-state index is 0.444. The Bertz CT molecular complexity index is 533. The van der Waals surface area contributed by atoms with Gasteiger partial charge in [0, 0.05) is 38.8 Å². The van der Waals surface area contributed by atoms with Crippen molar-refractivity contribution in [2.75, 3.05) is 47.0 Å². The Hall–Kier alpha value is -1.79. The van der Waals surface area contributed by atoms with Crippen LogP contribution in [0.15, 0.2) is 29.3 Å². The largest absolute Gasteiger partial charge is 0.497 e. The van der Waals surface area contributed by atoms with E-state index in [9.17, 15) is 0 Å². The predicted octanol–water partition coefficient (Wildman–Crippen LogP) is 1.51. The smallest absolute Gasteiger partial charge is 0.191 e. The summed E-state index contributed by atoms with van der Waals surface area (Å²) in [5.41, 5.74) is 1.28. The van der Waals surface area contributed by atoms with Gasteiger partial charge in [0.2, 0.25) is 0 Å². The Balaban J connectivity index is 1.70. The minimum absolute atomic E-state index is 0.444. The zero-order valence-corrected chi connectivity index (χ0v) is 15.9. The summed E-state index contributed by atoms with van der Waals surface area (Å²) in [4.78, 5) is 6.80. The standard InChI is InChI=1S/C19H32N4O2/c1-15(23-11-12-25-14-16(23)2)13-22-19(20-3)21-10-9-17-5-7-18(24-4)8-6-17/h5-8,15-16H,9-14H2,1-4H3,(H2,20,21,22). The van der Waals surface area contributed by atoms with Crippen LogP contribution in [0.2, 0.25) is 0 Å². The molecule has 2 atom stereocenters.